The molecule has 0 spiro atoms. The fraction of sp³-hybridized carbons (Fsp3) is 0.316. The first-order valence-electron chi connectivity index (χ1n) is 8.25. The number of aldehydes is 1. The van der Waals surface area contributed by atoms with E-state index in [1.165, 1.54) is 0 Å². The van der Waals surface area contributed by atoms with Gasteiger partial charge < -0.3 is 14.8 Å². The lowest BCUT2D eigenvalue weighted by atomic mass is 9.90. The van der Waals surface area contributed by atoms with Gasteiger partial charge in [-0.25, -0.2) is 0 Å². The molecular weight excluding hydrogens is 320 g/mol. The molecule has 0 aliphatic carbocycles. The minimum absolute atomic E-state index is 0.259. The summed E-state index contributed by atoms with van der Waals surface area (Å²) in [5.41, 5.74) is 1.72. The molecular formula is C19H20N2O4. The van der Waals surface area contributed by atoms with Crippen LogP contribution in [0.5, 0.6) is 0 Å². The first-order chi connectivity index (χ1) is 12.2. The van der Waals surface area contributed by atoms with Gasteiger partial charge in [-0.1, -0.05) is 60.7 Å². The van der Waals surface area contributed by atoms with Crippen LogP contribution in [0, 0.1) is 10.1 Å². The molecule has 2 aromatic carbocycles. The van der Waals surface area contributed by atoms with Gasteiger partial charge in [-0.15, -0.1) is 0 Å². The minimum Gasteiger partial charge on any atom is -0.360 e. The molecule has 1 N–H and O–H groups in total. The third kappa shape index (κ3) is 4.10. The maximum absolute atomic E-state index is 11.8. The Labute approximate surface area is 146 Å². The first-order valence-corrected chi connectivity index (χ1v) is 8.25. The van der Waals surface area contributed by atoms with E-state index in [0.717, 1.165) is 17.4 Å². The second kappa shape index (κ2) is 8.00. The SMILES string of the molecule is O=C[C@H]1CN[C@H](C(Cc2ccccc2)[N+](=O)[O-])[C@H](c2ccccc2)O1. The van der Waals surface area contributed by atoms with Crippen molar-refractivity contribution >= 4 is 6.29 Å². The van der Waals surface area contributed by atoms with Gasteiger partial charge >= 0.3 is 0 Å². The fourth-order valence-electron chi connectivity index (χ4n) is 3.22. The van der Waals surface area contributed by atoms with Crippen molar-refractivity contribution in [3.63, 3.8) is 0 Å². The zero-order valence-electron chi connectivity index (χ0n) is 13.7. The van der Waals surface area contributed by atoms with Crippen molar-refractivity contribution in [2.45, 2.75) is 30.7 Å². The Morgan fingerprint density at radius 2 is 1.80 bits per heavy atom. The number of nitro groups is 1. The number of carbonyl (C=O) groups excluding carboxylic acids is 1. The lowest BCUT2D eigenvalue weighted by molar-refractivity contribution is -0.530. The number of morpholine rings is 1. The van der Waals surface area contributed by atoms with E-state index in [1.807, 2.05) is 60.7 Å². The lowest BCUT2D eigenvalue weighted by Gasteiger charge is -2.37. The molecule has 1 heterocycles. The van der Waals surface area contributed by atoms with Crippen LogP contribution in [0.1, 0.15) is 17.2 Å². The van der Waals surface area contributed by atoms with Crippen molar-refractivity contribution in [1.82, 2.24) is 5.32 Å². The van der Waals surface area contributed by atoms with Gasteiger partial charge in [-0.3, -0.25) is 10.1 Å². The summed E-state index contributed by atoms with van der Waals surface area (Å²) in [6, 6.07) is 17.3. The van der Waals surface area contributed by atoms with Crippen molar-refractivity contribution in [1.29, 1.82) is 0 Å². The summed E-state index contributed by atoms with van der Waals surface area (Å²) < 4.78 is 5.87. The van der Waals surface area contributed by atoms with Gasteiger partial charge in [0.25, 0.3) is 0 Å². The van der Waals surface area contributed by atoms with Crippen LogP contribution in [0.25, 0.3) is 0 Å². The Bertz CT molecular complexity index is 708. The quantitative estimate of drug-likeness (QED) is 0.495. The molecule has 2 aromatic rings. The maximum Gasteiger partial charge on any atom is 0.235 e. The van der Waals surface area contributed by atoms with E-state index in [0.29, 0.717) is 6.42 Å². The Balaban J connectivity index is 1.89. The Morgan fingerprint density at radius 1 is 1.16 bits per heavy atom. The number of ether oxygens (including phenoxy) is 1. The third-order valence-electron chi connectivity index (χ3n) is 4.46. The molecule has 1 saturated heterocycles. The molecule has 1 aliphatic heterocycles. The van der Waals surface area contributed by atoms with Crippen molar-refractivity contribution < 1.29 is 14.5 Å². The Hall–Kier alpha value is -2.57. The number of rotatable bonds is 6. The van der Waals surface area contributed by atoms with Crippen LogP contribution in [0.2, 0.25) is 0 Å². The second-order valence-corrected chi connectivity index (χ2v) is 6.12. The maximum atomic E-state index is 11.8. The molecule has 1 unspecified atom stereocenters. The van der Waals surface area contributed by atoms with E-state index in [2.05, 4.69) is 5.32 Å². The van der Waals surface area contributed by atoms with Crippen LogP contribution in [-0.4, -0.2) is 35.9 Å². The van der Waals surface area contributed by atoms with Gasteiger partial charge in [0.2, 0.25) is 6.04 Å². The van der Waals surface area contributed by atoms with E-state index >= 15 is 0 Å². The third-order valence-corrected chi connectivity index (χ3v) is 4.46. The van der Waals surface area contributed by atoms with Crippen molar-refractivity contribution in [2.75, 3.05) is 6.54 Å². The number of nitrogens with one attached hydrogen (secondary N) is 1. The molecule has 6 heteroatoms. The number of benzene rings is 2. The van der Waals surface area contributed by atoms with Gasteiger partial charge in [0, 0.05) is 17.9 Å². The van der Waals surface area contributed by atoms with Gasteiger partial charge in [-0.2, -0.15) is 0 Å². The molecule has 0 saturated carbocycles. The summed E-state index contributed by atoms with van der Waals surface area (Å²) in [5.74, 6) is 0. The van der Waals surface area contributed by atoms with Crippen molar-refractivity contribution in [3.8, 4) is 0 Å². The molecule has 1 fully saturated rings. The normalized spacial score (nSPS) is 24.4. The Morgan fingerprint density at radius 3 is 2.40 bits per heavy atom. The highest BCUT2D eigenvalue weighted by Crippen LogP contribution is 2.29. The smallest absolute Gasteiger partial charge is 0.235 e. The highest BCUT2D eigenvalue weighted by atomic mass is 16.6. The van der Waals surface area contributed by atoms with E-state index in [4.69, 9.17) is 4.74 Å². The largest absolute Gasteiger partial charge is 0.360 e. The van der Waals surface area contributed by atoms with Crippen LogP contribution in [0.15, 0.2) is 60.7 Å². The predicted octanol–water partition coefficient (Wildman–Crippen LogP) is 2.17. The number of carbonyl (C=O) groups is 1. The lowest BCUT2D eigenvalue weighted by Crippen LogP contribution is -2.56. The summed E-state index contributed by atoms with van der Waals surface area (Å²) in [5, 5.41) is 14.9. The average molecular weight is 340 g/mol. The molecule has 0 amide bonds. The Kier molecular flexibility index (Phi) is 5.53. The molecule has 0 radical (unpaired) electrons. The molecule has 3 rings (SSSR count). The van der Waals surface area contributed by atoms with Crippen LogP contribution in [-0.2, 0) is 16.0 Å². The molecule has 0 aromatic heterocycles. The zero-order valence-corrected chi connectivity index (χ0v) is 13.7. The van der Waals surface area contributed by atoms with E-state index in [1.54, 1.807) is 0 Å². The van der Waals surface area contributed by atoms with E-state index in [9.17, 15) is 14.9 Å². The highest BCUT2D eigenvalue weighted by Gasteiger charge is 2.42. The minimum atomic E-state index is -0.861. The number of hydrogen-bond donors (Lipinski definition) is 1. The highest BCUT2D eigenvalue weighted by molar-refractivity contribution is 5.56. The summed E-state index contributed by atoms with van der Waals surface area (Å²) in [7, 11) is 0. The summed E-state index contributed by atoms with van der Waals surface area (Å²) in [6.45, 7) is 0.274. The van der Waals surface area contributed by atoms with Crippen molar-refractivity contribution in [3.05, 3.63) is 81.9 Å². The molecule has 130 valence electrons. The summed E-state index contributed by atoms with van der Waals surface area (Å²) in [4.78, 5) is 22.7. The van der Waals surface area contributed by atoms with Crippen LogP contribution < -0.4 is 5.32 Å². The second-order valence-electron chi connectivity index (χ2n) is 6.12. The van der Waals surface area contributed by atoms with Crippen molar-refractivity contribution in [2.24, 2.45) is 0 Å². The predicted molar refractivity (Wildman–Crippen MR) is 92.8 cm³/mol. The average Bonchev–Trinajstić information content (AvgIpc) is 2.67. The number of hydrogen-bond acceptors (Lipinski definition) is 5. The topological polar surface area (TPSA) is 81.5 Å². The fourth-order valence-corrected chi connectivity index (χ4v) is 3.22. The van der Waals surface area contributed by atoms with Crippen LogP contribution in [0.3, 0.4) is 0 Å². The van der Waals surface area contributed by atoms with Gasteiger partial charge in [0.15, 0.2) is 0 Å². The van der Waals surface area contributed by atoms with Gasteiger partial charge in [0.05, 0.1) is 0 Å². The monoisotopic (exact) mass is 340 g/mol. The number of nitrogens with zero attached hydrogens (tertiary/aromatic N) is 1. The standard InChI is InChI=1S/C19H20N2O4/c22-13-16-12-20-18(19(25-16)15-9-5-2-6-10-15)17(21(23)24)11-14-7-3-1-4-8-14/h1-10,13,16-20H,11-12H2/t16-,17?,18-,19+/m1/s1. The van der Waals surface area contributed by atoms with Gasteiger partial charge in [0.1, 0.15) is 24.5 Å². The molecule has 1 aliphatic rings. The summed E-state index contributed by atoms with van der Waals surface area (Å²) >= 11 is 0. The van der Waals surface area contributed by atoms with E-state index in [-0.39, 0.29) is 11.5 Å². The first kappa shape index (κ1) is 17.3. The van der Waals surface area contributed by atoms with Crippen LogP contribution in [0.4, 0.5) is 0 Å². The molecule has 25 heavy (non-hydrogen) atoms. The summed E-state index contributed by atoms with van der Waals surface area (Å²) in [6.07, 6.45) is -0.128. The van der Waals surface area contributed by atoms with Gasteiger partial charge in [-0.05, 0) is 11.1 Å². The molecule has 6 nitrogen and oxygen atoms in total. The molecule has 0 bridgehead atoms. The van der Waals surface area contributed by atoms with E-state index < -0.39 is 24.3 Å². The van der Waals surface area contributed by atoms with Crippen LogP contribution >= 0.6 is 0 Å². The zero-order chi connectivity index (χ0) is 17.6. The molecule has 4 atom stereocenters.